The smallest absolute Gasteiger partial charge is 0.326 e. The van der Waals surface area contributed by atoms with E-state index in [0.717, 1.165) is 69.8 Å². The summed E-state index contributed by atoms with van der Waals surface area (Å²) >= 11 is 0. The van der Waals surface area contributed by atoms with E-state index in [9.17, 15) is 29.4 Å². The fraction of sp³-hybridized carbons (Fsp3) is 0.857. The summed E-state index contributed by atoms with van der Waals surface area (Å²) in [6.07, 6.45) is 9.53. The maximum absolute atomic E-state index is 14.5. The Morgan fingerprint density at radius 3 is 2.10 bits per heavy atom. The normalized spacial score (nSPS) is 41.1. The minimum absolute atomic E-state index is 0.0242. The number of rotatable bonds is 10. The van der Waals surface area contributed by atoms with Crippen LogP contribution in [0, 0.1) is 68.0 Å². The molecule has 5 saturated carbocycles. The summed E-state index contributed by atoms with van der Waals surface area (Å²) in [5.74, 6) is -0.658. The third kappa shape index (κ3) is 5.94. The number of allylic oxidation sites excluding steroid dienone is 1. The van der Waals surface area contributed by atoms with E-state index < -0.39 is 34.8 Å². The summed E-state index contributed by atoms with van der Waals surface area (Å²) in [7, 11) is 0. The first-order valence-electron chi connectivity index (χ1n) is 19.6. The summed E-state index contributed by atoms with van der Waals surface area (Å²) in [6.45, 7) is 25.8. The predicted molar refractivity (Wildman–Crippen MR) is 194 cm³/mol. The molecule has 5 aliphatic rings. The zero-order chi connectivity index (χ0) is 37.4. The second-order valence-electron chi connectivity index (χ2n) is 20.0. The lowest BCUT2D eigenvalue weighted by atomic mass is 9.32. The maximum Gasteiger partial charge on any atom is 0.326 e. The molecule has 0 aromatic heterocycles. The molecular formula is C42H67NO7. The van der Waals surface area contributed by atoms with Crippen LogP contribution in [0.1, 0.15) is 146 Å². The maximum atomic E-state index is 14.5. The minimum atomic E-state index is -1.17. The molecule has 282 valence electrons. The highest BCUT2D eigenvalue weighted by atomic mass is 16.5. The zero-order valence-corrected chi connectivity index (χ0v) is 32.7. The average molecular weight is 698 g/mol. The van der Waals surface area contributed by atoms with Crippen LogP contribution < -0.4 is 5.32 Å². The molecule has 0 bridgehead atoms. The minimum Gasteiger partial charge on any atom is -0.481 e. The van der Waals surface area contributed by atoms with Crippen LogP contribution in [-0.2, 0) is 23.9 Å². The van der Waals surface area contributed by atoms with Gasteiger partial charge in [-0.15, -0.1) is 0 Å². The Bertz CT molecular complexity index is 1400. The first kappa shape index (κ1) is 38.8. The van der Waals surface area contributed by atoms with Gasteiger partial charge in [0.25, 0.3) is 0 Å². The van der Waals surface area contributed by atoms with Crippen LogP contribution in [0.15, 0.2) is 12.2 Å². The fourth-order valence-electron chi connectivity index (χ4n) is 13.4. The molecule has 0 aliphatic heterocycles. The van der Waals surface area contributed by atoms with Crippen LogP contribution in [0.4, 0.5) is 0 Å². The molecule has 5 fully saturated rings. The molecule has 0 saturated heterocycles. The highest BCUT2D eigenvalue weighted by Gasteiger charge is 2.72. The van der Waals surface area contributed by atoms with Gasteiger partial charge in [-0.05, 0) is 143 Å². The number of ether oxygens (including phenoxy) is 1. The molecule has 5 rings (SSSR count). The number of carbonyl (C=O) groups is 4. The van der Waals surface area contributed by atoms with E-state index in [2.05, 4.69) is 53.4 Å². The molecule has 8 nitrogen and oxygen atoms in total. The van der Waals surface area contributed by atoms with Crippen molar-refractivity contribution in [1.29, 1.82) is 0 Å². The van der Waals surface area contributed by atoms with Gasteiger partial charge in [-0.3, -0.25) is 14.4 Å². The molecule has 8 heteroatoms. The SMILES string of the molecule is C=C(C)[C@@H]1CC[C@]2(C(=O)NC(CC(C)C)C(=O)O)CC[C@]3(C)[C@H](CCC4[C@@]5(C)CC[C@H](OC(=O)CC(C)(C)C(=O)O)C(C)(C)[C@@H]5CC[C@]43C)[C@@H]12. The topological polar surface area (TPSA) is 130 Å². The number of hydrogen-bond donors (Lipinski definition) is 3. The van der Waals surface area contributed by atoms with Gasteiger partial charge in [0, 0.05) is 5.41 Å². The van der Waals surface area contributed by atoms with Gasteiger partial charge >= 0.3 is 17.9 Å². The number of nitrogens with one attached hydrogen (secondary N) is 1. The molecule has 0 heterocycles. The van der Waals surface area contributed by atoms with Gasteiger partial charge in [0.15, 0.2) is 0 Å². The number of carboxylic acids is 2. The zero-order valence-electron chi connectivity index (χ0n) is 32.7. The second-order valence-corrected chi connectivity index (χ2v) is 20.0. The van der Waals surface area contributed by atoms with Gasteiger partial charge in [0.05, 0.1) is 17.3 Å². The Morgan fingerprint density at radius 1 is 0.860 bits per heavy atom. The Morgan fingerprint density at radius 2 is 1.52 bits per heavy atom. The van der Waals surface area contributed by atoms with E-state index in [1.165, 1.54) is 0 Å². The summed E-state index contributed by atoms with van der Waals surface area (Å²) in [5.41, 5.74) is -0.680. The van der Waals surface area contributed by atoms with Crippen LogP contribution >= 0.6 is 0 Å². The van der Waals surface area contributed by atoms with Crippen LogP contribution in [-0.4, -0.2) is 46.2 Å². The molecule has 1 amide bonds. The van der Waals surface area contributed by atoms with Crippen LogP contribution in [0.25, 0.3) is 0 Å². The van der Waals surface area contributed by atoms with Gasteiger partial charge < -0.3 is 20.3 Å². The molecule has 5 aliphatic carbocycles. The van der Waals surface area contributed by atoms with Crippen molar-refractivity contribution >= 4 is 23.8 Å². The van der Waals surface area contributed by atoms with Crippen molar-refractivity contribution in [2.24, 2.45) is 68.0 Å². The van der Waals surface area contributed by atoms with E-state index in [0.29, 0.717) is 24.2 Å². The molecular weight excluding hydrogens is 630 g/mol. The first-order valence-corrected chi connectivity index (χ1v) is 19.6. The molecule has 11 atom stereocenters. The van der Waals surface area contributed by atoms with E-state index >= 15 is 0 Å². The lowest BCUT2D eigenvalue weighted by molar-refractivity contribution is -0.249. The molecule has 50 heavy (non-hydrogen) atoms. The van der Waals surface area contributed by atoms with Gasteiger partial charge in [0.1, 0.15) is 12.1 Å². The van der Waals surface area contributed by atoms with E-state index in [4.69, 9.17) is 4.74 Å². The van der Waals surface area contributed by atoms with Gasteiger partial charge in [0.2, 0.25) is 5.91 Å². The van der Waals surface area contributed by atoms with E-state index in [1.807, 2.05) is 13.8 Å². The van der Waals surface area contributed by atoms with Crippen LogP contribution in [0.2, 0.25) is 0 Å². The van der Waals surface area contributed by atoms with E-state index in [1.54, 1.807) is 13.8 Å². The number of amides is 1. The molecule has 0 aromatic carbocycles. The standard InChI is InChI=1S/C42H67NO7/c1-24(2)22-28(34(45)46)43-35(47)42-19-14-26(25(3)4)33(42)27-12-13-30-39(9)17-16-31(50-32(44)23-37(5,6)36(48)49)38(7,8)29(39)15-18-41(30,11)40(27,10)20-21-42/h24,26-31,33H,3,12-23H2,1-2,4-11H3,(H,43,47)(H,45,46)(H,48,49)/t26-,27+,28?,29-,30?,31-,33+,39-,40+,41+,42-/m0/s1. The lowest BCUT2D eigenvalue weighted by Gasteiger charge is -2.72. The van der Waals surface area contributed by atoms with Crippen molar-refractivity contribution in [1.82, 2.24) is 5.32 Å². The molecule has 0 radical (unpaired) electrons. The Labute approximate surface area is 301 Å². The number of carboxylic acid groups (broad SMARTS) is 2. The second kappa shape index (κ2) is 12.9. The summed E-state index contributed by atoms with van der Waals surface area (Å²) < 4.78 is 6.15. The third-order valence-corrected chi connectivity index (χ3v) is 16.2. The van der Waals surface area contributed by atoms with Crippen molar-refractivity contribution in [2.45, 2.75) is 158 Å². The Balaban J connectivity index is 1.42. The monoisotopic (exact) mass is 697 g/mol. The van der Waals surface area contributed by atoms with Crippen molar-refractivity contribution in [3.05, 3.63) is 12.2 Å². The highest BCUT2D eigenvalue weighted by Crippen LogP contribution is 2.77. The Hall–Kier alpha value is -2.38. The summed E-state index contributed by atoms with van der Waals surface area (Å²) in [5, 5.41) is 22.7. The van der Waals surface area contributed by atoms with Crippen LogP contribution in [0.5, 0.6) is 0 Å². The average Bonchev–Trinajstić information content (AvgIpc) is 3.39. The number of fused-ring (bicyclic) bond motifs is 7. The molecule has 2 unspecified atom stereocenters. The number of esters is 1. The van der Waals surface area contributed by atoms with Gasteiger partial charge in [-0.25, -0.2) is 4.79 Å². The largest absolute Gasteiger partial charge is 0.481 e. The third-order valence-electron chi connectivity index (χ3n) is 16.2. The van der Waals surface area contributed by atoms with Crippen LogP contribution in [0.3, 0.4) is 0 Å². The number of carbonyl (C=O) groups excluding carboxylic acids is 2. The van der Waals surface area contributed by atoms with Gasteiger partial charge in [-0.1, -0.05) is 60.6 Å². The lowest BCUT2D eigenvalue weighted by Crippen LogP contribution is -2.67. The number of hydrogen-bond acceptors (Lipinski definition) is 5. The number of aliphatic carboxylic acids is 2. The quantitative estimate of drug-likeness (QED) is 0.154. The van der Waals surface area contributed by atoms with Crippen molar-refractivity contribution in [3.8, 4) is 0 Å². The van der Waals surface area contributed by atoms with E-state index in [-0.39, 0.29) is 57.8 Å². The molecule has 0 spiro atoms. The molecule has 3 N–H and O–H groups in total. The van der Waals surface area contributed by atoms with Crippen molar-refractivity contribution < 1.29 is 34.1 Å². The summed E-state index contributed by atoms with van der Waals surface area (Å²) in [4.78, 5) is 51.5. The highest BCUT2D eigenvalue weighted by molar-refractivity contribution is 5.88. The summed E-state index contributed by atoms with van der Waals surface area (Å²) in [6, 6.07) is -0.875. The van der Waals surface area contributed by atoms with Crippen molar-refractivity contribution in [3.63, 3.8) is 0 Å². The Kier molecular flexibility index (Phi) is 10.0. The van der Waals surface area contributed by atoms with Gasteiger partial charge in [-0.2, -0.15) is 0 Å². The molecule has 0 aromatic rings. The predicted octanol–water partition coefficient (Wildman–Crippen LogP) is 8.67. The first-order chi connectivity index (χ1) is 23.0. The van der Waals surface area contributed by atoms with Crippen molar-refractivity contribution in [2.75, 3.05) is 0 Å². The fourth-order valence-corrected chi connectivity index (χ4v) is 13.4.